The van der Waals surface area contributed by atoms with Gasteiger partial charge < -0.3 is 14.6 Å². The van der Waals surface area contributed by atoms with Gasteiger partial charge in [-0.2, -0.15) is 0 Å². The summed E-state index contributed by atoms with van der Waals surface area (Å²) in [5, 5.41) is 8.78. The van der Waals surface area contributed by atoms with Gasteiger partial charge in [0.05, 0.1) is 25.7 Å². The van der Waals surface area contributed by atoms with Crippen molar-refractivity contribution in [1.29, 1.82) is 0 Å². The first kappa shape index (κ1) is 15.9. The van der Waals surface area contributed by atoms with Crippen LogP contribution in [-0.4, -0.2) is 36.9 Å². The first-order valence-electron chi connectivity index (χ1n) is 5.92. The molecule has 0 aliphatic heterocycles. The average molecular weight is 246 g/mol. The molecule has 0 saturated carbocycles. The Morgan fingerprint density at radius 3 is 2.29 bits per heavy atom. The van der Waals surface area contributed by atoms with E-state index in [4.69, 9.17) is 14.6 Å². The Hall–Kier alpha value is -1.10. The Bertz CT molecular complexity index is 239. The van der Waals surface area contributed by atoms with Crippen LogP contribution < -0.4 is 0 Å². The van der Waals surface area contributed by atoms with Crippen LogP contribution in [0.1, 0.15) is 33.6 Å². The van der Waals surface area contributed by atoms with Crippen molar-refractivity contribution in [2.45, 2.75) is 33.6 Å². The third-order valence-corrected chi connectivity index (χ3v) is 2.36. The monoisotopic (exact) mass is 246 g/mol. The van der Waals surface area contributed by atoms with Gasteiger partial charge >= 0.3 is 11.9 Å². The molecule has 0 fully saturated rings. The molecule has 0 aromatic heterocycles. The molecule has 0 aliphatic rings. The molecule has 1 N–H and O–H groups in total. The average Bonchev–Trinajstić information content (AvgIpc) is 2.31. The van der Waals surface area contributed by atoms with E-state index in [1.165, 1.54) is 6.92 Å². The van der Waals surface area contributed by atoms with Crippen LogP contribution in [0.15, 0.2) is 0 Å². The van der Waals surface area contributed by atoms with Gasteiger partial charge in [0.25, 0.3) is 0 Å². The number of aliphatic hydroxyl groups is 1. The highest BCUT2D eigenvalue weighted by Crippen LogP contribution is 2.09. The third-order valence-electron chi connectivity index (χ3n) is 2.36. The van der Waals surface area contributed by atoms with E-state index in [0.29, 0.717) is 0 Å². The number of hydrogen-bond acceptors (Lipinski definition) is 5. The van der Waals surface area contributed by atoms with E-state index < -0.39 is 11.9 Å². The summed E-state index contributed by atoms with van der Waals surface area (Å²) in [4.78, 5) is 22.0. The fourth-order valence-corrected chi connectivity index (χ4v) is 1.28. The lowest BCUT2D eigenvalue weighted by atomic mass is 10.1. The molecule has 0 spiro atoms. The van der Waals surface area contributed by atoms with Crippen LogP contribution in [0.5, 0.6) is 0 Å². The summed E-state index contributed by atoms with van der Waals surface area (Å²) in [7, 11) is 0. The minimum absolute atomic E-state index is 0.0266. The van der Waals surface area contributed by atoms with Gasteiger partial charge in [-0.1, -0.05) is 13.3 Å². The molecule has 0 rings (SSSR count). The highest BCUT2D eigenvalue weighted by atomic mass is 16.5. The molecule has 0 radical (unpaired) electrons. The molecule has 0 aromatic carbocycles. The van der Waals surface area contributed by atoms with E-state index in [1.54, 1.807) is 6.92 Å². The molecule has 5 heteroatoms. The largest absolute Gasteiger partial charge is 0.465 e. The molecule has 0 aliphatic carbocycles. The summed E-state index contributed by atoms with van der Waals surface area (Å²) in [6.45, 7) is 5.24. The highest BCUT2D eigenvalue weighted by molar-refractivity contribution is 5.72. The standard InChI is InChI=1S/C12H22O5/c1-4-5-11(7-16-10(3)14)8-17-12(15)9(2)6-13/h9,11,13H,4-8H2,1-3H3. The van der Waals surface area contributed by atoms with Crippen LogP contribution in [0.2, 0.25) is 0 Å². The predicted molar refractivity (Wildman–Crippen MR) is 62.2 cm³/mol. The number of rotatable bonds is 8. The van der Waals surface area contributed by atoms with Gasteiger partial charge in [-0.15, -0.1) is 0 Å². The van der Waals surface area contributed by atoms with Crippen molar-refractivity contribution < 1.29 is 24.2 Å². The van der Waals surface area contributed by atoms with Gasteiger partial charge in [-0.25, -0.2) is 0 Å². The lowest BCUT2D eigenvalue weighted by Gasteiger charge is -2.17. The van der Waals surface area contributed by atoms with Gasteiger partial charge in [0.1, 0.15) is 0 Å². The number of carbonyl (C=O) groups is 2. The smallest absolute Gasteiger partial charge is 0.310 e. The molecule has 0 saturated heterocycles. The molecule has 2 atom stereocenters. The van der Waals surface area contributed by atoms with Crippen LogP contribution in [0.25, 0.3) is 0 Å². The van der Waals surface area contributed by atoms with Crippen molar-refractivity contribution in [3.8, 4) is 0 Å². The maximum atomic E-state index is 11.3. The van der Waals surface area contributed by atoms with E-state index in [0.717, 1.165) is 12.8 Å². The zero-order valence-corrected chi connectivity index (χ0v) is 10.8. The van der Waals surface area contributed by atoms with E-state index >= 15 is 0 Å². The summed E-state index contributed by atoms with van der Waals surface area (Å²) >= 11 is 0. The zero-order chi connectivity index (χ0) is 13.3. The second-order valence-electron chi connectivity index (χ2n) is 4.17. The van der Waals surface area contributed by atoms with Gasteiger partial charge in [-0.05, 0) is 13.3 Å². The predicted octanol–water partition coefficient (Wildman–Crippen LogP) is 1.14. The Balaban J connectivity index is 3.98. The summed E-state index contributed by atoms with van der Waals surface area (Å²) < 4.78 is 9.95. The lowest BCUT2D eigenvalue weighted by Crippen LogP contribution is -2.24. The molecule has 0 bridgehead atoms. The Morgan fingerprint density at radius 2 is 1.82 bits per heavy atom. The van der Waals surface area contributed by atoms with Crippen LogP contribution in [0.3, 0.4) is 0 Å². The molecule has 0 amide bonds. The summed E-state index contributed by atoms with van der Waals surface area (Å²) in [6.07, 6.45) is 1.76. The van der Waals surface area contributed by atoms with E-state index in [1.807, 2.05) is 6.92 Å². The molecule has 0 aromatic rings. The van der Waals surface area contributed by atoms with Gasteiger partial charge in [0.2, 0.25) is 0 Å². The quantitative estimate of drug-likeness (QED) is 0.650. The van der Waals surface area contributed by atoms with Gasteiger partial charge in [0, 0.05) is 12.8 Å². The molecule has 0 heterocycles. The zero-order valence-electron chi connectivity index (χ0n) is 10.8. The molecular formula is C12H22O5. The summed E-state index contributed by atoms with van der Waals surface area (Å²) in [5.41, 5.74) is 0. The van der Waals surface area contributed by atoms with Crippen molar-refractivity contribution in [3.63, 3.8) is 0 Å². The van der Waals surface area contributed by atoms with E-state index in [2.05, 4.69) is 0 Å². The number of esters is 2. The van der Waals surface area contributed by atoms with Crippen LogP contribution >= 0.6 is 0 Å². The Labute approximate surface area is 102 Å². The van der Waals surface area contributed by atoms with E-state index in [9.17, 15) is 9.59 Å². The molecule has 5 nitrogen and oxygen atoms in total. The van der Waals surface area contributed by atoms with Gasteiger partial charge in [0.15, 0.2) is 0 Å². The number of aliphatic hydroxyl groups excluding tert-OH is 1. The topological polar surface area (TPSA) is 72.8 Å². The highest BCUT2D eigenvalue weighted by Gasteiger charge is 2.17. The number of carbonyl (C=O) groups excluding carboxylic acids is 2. The van der Waals surface area contributed by atoms with Crippen molar-refractivity contribution >= 4 is 11.9 Å². The number of ether oxygens (including phenoxy) is 2. The first-order chi connectivity index (χ1) is 8.01. The minimum atomic E-state index is -0.508. The maximum Gasteiger partial charge on any atom is 0.310 e. The lowest BCUT2D eigenvalue weighted by molar-refractivity contribution is -0.152. The van der Waals surface area contributed by atoms with Crippen molar-refractivity contribution in [2.75, 3.05) is 19.8 Å². The summed E-state index contributed by atoms with van der Waals surface area (Å²) in [5.74, 6) is -1.23. The van der Waals surface area contributed by atoms with Crippen LogP contribution in [0.4, 0.5) is 0 Å². The maximum absolute atomic E-state index is 11.3. The first-order valence-corrected chi connectivity index (χ1v) is 5.92. The molecule has 17 heavy (non-hydrogen) atoms. The molecular weight excluding hydrogens is 224 g/mol. The molecule has 2 unspecified atom stereocenters. The van der Waals surface area contributed by atoms with Gasteiger partial charge in [-0.3, -0.25) is 9.59 Å². The third kappa shape index (κ3) is 7.74. The Kier molecular flexibility index (Phi) is 8.40. The number of hydrogen-bond donors (Lipinski definition) is 1. The summed E-state index contributed by atoms with van der Waals surface area (Å²) in [6, 6.07) is 0. The minimum Gasteiger partial charge on any atom is -0.465 e. The van der Waals surface area contributed by atoms with Crippen LogP contribution in [0, 0.1) is 11.8 Å². The van der Waals surface area contributed by atoms with Crippen molar-refractivity contribution in [2.24, 2.45) is 11.8 Å². The Morgan fingerprint density at radius 1 is 1.24 bits per heavy atom. The van der Waals surface area contributed by atoms with E-state index in [-0.39, 0.29) is 31.7 Å². The SMILES string of the molecule is CCCC(COC(C)=O)COC(=O)C(C)CO. The normalized spacial score (nSPS) is 13.9. The van der Waals surface area contributed by atoms with Crippen molar-refractivity contribution in [1.82, 2.24) is 0 Å². The second kappa shape index (κ2) is 8.98. The fourth-order valence-electron chi connectivity index (χ4n) is 1.28. The molecule has 100 valence electrons. The van der Waals surface area contributed by atoms with Crippen molar-refractivity contribution in [3.05, 3.63) is 0 Å². The fraction of sp³-hybridized carbons (Fsp3) is 0.833. The second-order valence-corrected chi connectivity index (χ2v) is 4.17. The van der Waals surface area contributed by atoms with Crippen LogP contribution in [-0.2, 0) is 19.1 Å².